The highest BCUT2D eigenvalue weighted by atomic mass is 28.4. The van der Waals surface area contributed by atoms with Crippen LogP contribution in [0.3, 0.4) is 0 Å². The summed E-state index contributed by atoms with van der Waals surface area (Å²) in [4.78, 5) is 12.6. The van der Waals surface area contributed by atoms with Crippen LogP contribution in [0.1, 0.15) is 162 Å². The molecule has 58 heavy (non-hydrogen) atoms. The van der Waals surface area contributed by atoms with Crippen LogP contribution in [0, 0.1) is 0 Å². The van der Waals surface area contributed by atoms with Crippen LogP contribution in [0.15, 0.2) is 11.6 Å². The van der Waals surface area contributed by atoms with Crippen molar-refractivity contribution in [2.24, 2.45) is 0 Å². The quantitative estimate of drug-likeness (QED) is 0.0362. The first-order chi connectivity index (χ1) is 27.0. The van der Waals surface area contributed by atoms with Gasteiger partial charge < -0.3 is 27.2 Å². The normalized spacial score (nSPS) is 21.6. The van der Waals surface area contributed by atoms with Crippen molar-refractivity contribution in [2.75, 3.05) is 0 Å². The molecule has 1 fully saturated rings. The molecule has 0 spiro atoms. The molecule has 0 saturated carbocycles. The van der Waals surface area contributed by atoms with Gasteiger partial charge in [0.2, 0.25) is 0 Å². The van der Waals surface area contributed by atoms with Crippen molar-refractivity contribution in [3.63, 3.8) is 0 Å². The number of unbranched alkanes of at least 4 members (excludes halogenated alkanes) is 13. The van der Waals surface area contributed by atoms with Crippen LogP contribution in [0.25, 0.3) is 0 Å². The summed E-state index contributed by atoms with van der Waals surface area (Å²) in [6.07, 6.45) is 30.7. The molecule has 0 aromatic heterocycles. The summed E-state index contributed by atoms with van der Waals surface area (Å²) in [6.45, 7) is 31.7. The van der Waals surface area contributed by atoms with E-state index < -0.39 is 33.3 Å². The van der Waals surface area contributed by atoms with Gasteiger partial charge in [0, 0.05) is 18.1 Å². The molecule has 0 aliphatic carbocycles. The number of carbonyl (C=O) groups is 1. The molecule has 0 aromatic rings. The Morgan fingerprint density at radius 3 is 1.57 bits per heavy atom. The molecule has 2 heterocycles. The van der Waals surface area contributed by atoms with Gasteiger partial charge in [-0.15, -0.1) is 0 Å². The number of rotatable bonds is 34. The summed E-state index contributed by atoms with van der Waals surface area (Å²) >= 11 is 0. The number of cyclic esters (lactones) is 1. The lowest BCUT2D eigenvalue weighted by Crippen LogP contribution is -2.45. The number of ether oxygens (including phenoxy) is 2. The first kappa shape index (κ1) is 54.0. The minimum atomic E-state index is -1.87. The second kappa shape index (κ2) is 27.1. The highest BCUT2D eigenvalue weighted by Gasteiger charge is 2.36. The first-order valence-corrected chi connectivity index (χ1v) is 38.0. The van der Waals surface area contributed by atoms with Crippen molar-refractivity contribution < 1.29 is 32.0 Å². The molecule has 0 unspecified atom stereocenters. The van der Waals surface area contributed by atoms with Gasteiger partial charge in [0.15, 0.2) is 33.3 Å². The van der Waals surface area contributed by atoms with Gasteiger partial charge >= 0.3 is 5.97 Å². The number of hydrogen-bond acceptors (Lipinski definition) is 7. The van der Waals surface area contributed by atoms with E-state index in [4.69, 9.17) is 27.2 Å². The third kappa shape index (κ3) is 26.4. The van der Waals surface area contributed by atoms with Gasteiger partial charge in [-0.1, -0.05) is 103 Å². The molecule has 0 amide bonds. The van der Waals surface area contributed by atoms with Crippen molar-refractivity contribution in [1.82, 2.24) is 0 Å². The molecule has 2 rings (SSSR count). The molecule has 7 atom stereocenters. The third-order valence-corrected chi connectivity index (χ3v) is 15.1. The molecule has 0 aromatic carbocycles. The second-order valence-corrected chi connectivity index (χ2v) is 39.8. The van der Waals surface area contributed by atoms with Gasteiger partial charge in [0.25, 0.3) is 0 Å². The summed E-state index contributed by atoms with van der Waals surface area (Å²) < 4.78 is 39.7. The zero-order valence-corrected chi connectivity index (χ0v) is 44.7. The van der Waals surface area contributed by atoms with Crippen molar-refractivity contribution >= 4 is 39.2 Å². The molecule has 1 saturated heterocycles. The minimum Gasteiger partial charge on any atom is -0.455 e. The highest BCUT2D eigenvalue weighted by Crippen LogP contribution is 2.32. The SMILES string of the molecule is CCCCCCCCCCCCCC[C@H](O[Si](C)(C)C)[C@@H]1CC[C@@H](CCCCC[C@@H](O[Si](C)(C)C)[C@@H](CC[C@H](CC2=C[C@H](C)OC2=O)O[Si](C)(C)C)O[Si](C)(C)C)O1. The highest BCUT2D eigenvalue weighted by molar-refractivity contribution is 6.70. The Labute approximate surface area is 364 Å². The average molecular weight is 886 g/mol. The lowest BCUT2D eigenvalue weighted by Gasteiger charge is -2.37. The molecule has 0 N–H and O–H groups in total. The Balaban J connectivity index is 1.89. The zero-order chi connectivity index (χ0) is 43.4. The van der Waals surface area contributed by atoms with Gasteiger partial charge in [0.05, 0.1) is 30.5 Å². The van der Waals surface area contributed by atoms with E-state index in [1.54, 1.807) is 0 Å². The van der Waals surface area contributed by atoms with Crippen molar-refractivity contribution in [1.29, 1.82) is 0 Å². The van der Waals surface area contributed by atoms with E-state index in [2.05, 4.69) is 85.5 Å². The number of esters is 1. The summed E-state index contributed by atoms with van der Waals surface area (Å²) in [6, 6.07) is 0. The van der Waals surface area contributed by atoms with Gasteiger partial charge in [-0.3, -0.25) is 0 Å². The molecule has 11 heteroatoms. The van der Waals surface area contributed by atoms with Crippen molar-refractivity contribution in [3.05, 3.63) is 11.6 Å². The van der Waals surface area contributed by atoms with Crippen LogP contribution < -0.4 is 0 Å². The fourth-order valence-corrected chi connectivity index (χ4v) is 13.4. The Bertz CT molecular complexity index is 1140. The molecule has 2 aliphatic rings. The van der Waals surface area contributed by atoms with E-state index in [-0.39, 0.29) is 42.6 Å². The monoisotopic (exact) mass is 885 g/mol. The van der Waals surface area contributed by atoms with E-state index in [1.807, 2.05) is 13.0 Å². The fraction of sp³-hybridized carbons (Fsp3) is 0.936. The predicted molar refractivity (Wildman–Crippen MR) is 257 cm³/mol. The lowest BCUT2D eigenvalue weighted by atomic mass is 9.97. The summed E-state index contributed by atoms with van der Waals surface area (Å²) in [7, 11) is -7.22. The van der Waals surface area contributed by atoms with Crippen LogP contribution in [-0.4, -0.2) is 82.0 Å². The van der Waals surface area contributed by atoms with Gasteiger partial charge in [-0.2, -0.15) is 0 Å². The molecule has 0 radical (unpaired) electrons. The van der Waals surface area contributed by atoms with E-state index in [0.717, 1.165) is 56.9 Å². The predicted octanol–water partition coefficient (Wildman–Crippen LogP) is 14.5. The van der Waals surface area contributed by atoms with Gasteiger partial charge in [0.1, 0.15) is 6.10 Å². The lowest BCUT2D eigenvalue weighted by molar-refractivity contribution is -0.139. The maximum atomic E-state index is 12.6. The molecule has 2 aliphatic heterocycles. The largest absolute Gasteiger partial charge is 0.455 e. The second-order valence-electron chi connectivity index (χ2n) is 21.9. The topological polar surface area (TPSA) is 72.5 Å². The van der Waals surface area contributed by atoms with E-state index in [1.165, 1.54) is 89.9 Å². The number of hydrogen-bond donors (Lipinski definition) is 0. The maximum Gasteiger partial charge on any atom is 0.334 e. The fourth-order valence-electron chi connectivity index (χ4n) is 8.70. The molecule has 7 nitrogen and oxygen atoms in total. The molecular formula is C47H96O7Si4. The molecule has 342 valence electrons. The van der Waals surface area contributed by atoms with Crippen LogP contribution >= 0.6 is 0 Å². The van der Waals surface area contributed by atoms with E-state index in [0.29, 0.717) is 12.5 Å². The average Bonchev–Trinajstić information content (AvgIpc) is 3.68. The van der Waals surface area contributed by atoms with E-state index in [9.17, 15) is 4.79 Å². The summed E-state index contributed by atoms with van der Waals surface area (Å²) in [5, 5.41) is 0. The smallest absolute Gasteiger partial charge is 0.334 e. The zero-order valence-electron chi connectivity index (χ0n) is 40.7. The summed E-state index contributed by atoms with van der Waals surface area (Å²) in [5.74, 6) is -0.195. The molecule has 0 bridgehead atoms. The Hall–Kier alpha value is -0.122. The van der Waals surface area contributed by atoms with Crippen LogP contribution in [0.5, 0.6) is 0 Å². The first-order valence-electron chi connectivity index (χ1n) is 24.3. The van der Waals surface area contributed by atoms with Crippen LogP contribution in [0.4, 0.5) is 0 Å². The van der Waals surface area contributed by atoms with Crippen LogP contribution in [-0.2, 0) is 32.0 Å². The standard InChI is InChI=1S/C47H96O7Si4/c1-15-16-17-18-19-20-21-22-23-24-25-28-31-44(52-56(6,7)8)43-35-33-41(50-43)30-27-26-29-32-45(53-57(9,10)11)46(54-58(12,13)14)36-34-42(51-55(3,4)5)38-40-37-39(2)49-47(40)48/h37,39,41-46H,15-36,38H2,1-14H3/t39-,41+,42+,43-,44-,45+,46+/m0/s1. The Morgan fingerprint density at radius 2 is 1.07 bits per heavy atom. The molecular weight excluding hydrogens is 789 g/mol. The summed E-state index contributed by atoms with van der Waals surface area (Å²) in [5.41, 5.74) is 0.754. The van der Waals surface area contributed by atoms with Crippen molar-refractivity contribution in [3.8, 4) is 0 Å². The van der Waals surface area contributed by atoms with Crippen molar-refractivity contribution in [2.45, 2.75) is 283 Å². The Morgan fingerprint density at radius 1 is 0.586 bits per heavy atom. The maximum absolute atomic E-state index is 12.6. The van der Waals surface area contributed by atoms with Gasteiger partial charge in [-0.05, 0) is 137 Å². The Kier molecular flexibility index (Phi) is 25.3. The van der Waals surface area contributed by atoms with Crippen LogP contribution in [0.2, 0.25) is 78.6 Å². The minimum absolute atomic E-state index is 0.0156. The van der Waals surface area contributed by atoms with E-state index >= 15 is 0 Å². The number of carbonyl (C=O) groups excluding carboxylic acids is 1. The third-order valence-electron chi connectivity index (χ3n) is 11.1. The van der Waals surface area contributed by atoms with Gasteiger partial charge in [-0.25, -0.2) is 4.79 Å².